The molecular formula is C45H33N5. The highest BCUT2D eigenvalue weighted by molar-refractivity contribution is 5.80. The van der Waals surface area contributed by atoms with Gasteiger partial charge in [-0.1, -0.05) is 140 Å². The van der Waals surface area contributed by atoms with E-state index in [1.165, 1.54) is 0 Å². The van der Waals surface area contributed by atoms with Crippen molar-refractivity contribution in [2.75, 3.05) is 9.80 Å². The Kier molecular flexibility index (Phi) is 8.60. The lowest BCUT2D eigenvalue weighted by molar-refractivity contribution is 1.02. The van der Waals surface area contributed by atoms with Crippen molar-refractivity contribution in [3.63, 3.8) is 0 Å². The van der Waals surface area contributed by atoms with E-state index in [2.05, 4.69) is 119 Å². The van der Waals surface area contributed by atoms with Crippen LogP contribution in [0.3, 0.4) is 0 Å². The van der Waals surface area contributed by atoms with Crippen molar-refractivity contribution in [3.8, 4) is 33.9 Å². The molecule has 0 N–H and O–H groups in total. The number of aromatic nitrogens is 3. The monoisotopic (exact) mass is 643 g/mol. The van der Waals surface area contributed by atoms with Gasteiger partial charge in [-0.15, -0.1) is 0 Å². The van der Waals surface area contributed by atoms with Gasteiger partial charge in [0.15, 0.2) is 11.6 Å². The van der Waals surface area contributed by atoms with E-state index in [0.29, 0.717) is 17.6 Å². The first-order chi connectivity index (χ1) is 24.8. The van der Waals surface area contributed by atoms with E-state index < -0.39 is 0 Å². The highest BCUT2D eigenvalue weighted by Crippen LogP contribution is 2.37. The molecule has 8 aromatic rings. The minimum atomic E-state index is 0.544. The van der Waals surface area contributed by atoms with Crippen LogP contribution in [0.25, 0.3) is 33.9 Å². The molecule has 0 aliphatic rings. The molecule has 8 rings (SSSR count). The molecule has 7 aromatic carbocycles. The largest absolute Gasteiger partial charge is 0.311 e. The van der Waals surface area contributed by atoms with Crippen molar-refractivity contribution in [1.82, 2.24) is 15.0 Å². The maximum absolute atomic E-state index is 5.04. The van der Waals surface area contributed by atoms with Gasteiger partial charge >= 0.3 is 0 Å². The first-order valence-electron chi connectivity index (χ1n) is 16.6. The molecule has 238 valence electrons. The Morgan fingerprint density at radius 1 is 0.240 bits per heavy atom. The summed E-state index contributed by atoms with van der Waals surface area (Å²) in [7, 11) is 0. The summed E-state index contributed by atoms with van der Waals surface area (Å²) in [5.74, 6) is 1.78. The average molecular weight is 644 g/mol. The summed E-state index contributed by atoms with van der Waals surface area (Å²) in [6.07, 6.45) is 0. The molecule has 0 amide bonds. The normalized spacial score (nSPS) is 10.8. The zero-order valence-electron chi connectivity index (χ0n) is 27.3. The Labute approximate surface area is 292 Å². The second-order valence-electron chi connectivity index (χ2n) is 11.8. The van der Waals surface area contributed by atoms with Crippen LogP contribution in [0.4, 0.5) is 34.4 Å². The first kappa shape index (κ1) is 30.5. The third-order valence-electron chi connectivity index (χ3n) is 8.52. The molecule has 0 saturated carbocycles. The van der Waals surface area contributed by atoms with Gasteiger partial charge in [0.05, 0.1) is 0 Å². The van der Waals surface area contributed by atoms with Gasteiger partial charge in [-0.2, -0.15) is 9.97 Å². The highest BCUT2D eigenvalue weighted by atomic mass is 15.3. The predicted molar refractivity (Wildman–Crippen MR) is 206 cm³/mol. The van der Waals surface area contributed by atoms with E-state index in [4.69, 9.17) is 15.0 Å². The molecule has 0 bridgehead atoms. The Balaban J connectivity index is 1.16. The molecule has 0 spiro atoms. The van der Waals surface area contributed by atoms with Gasteiger partial charge in [-0.3, -0.25) is 4.90 Å². The molecule has 0 aliphatic carbocycles. The van der Waals surface area contributed by atoms with Crippen LogP contribution in [0.1, 0.15) is 0 Å². The molecule has 5 heteroatoms. The van der Waals surface area contributed by atoms with Crippen molar-refractivity contribution < 1.29 is 0 Å². The SMILES string of the molecule is c1ccc(-c2nc(-c3ccccc3)nc(N(c3ccccc3)c3ccc(-c4ccc(N(c5ccccc5)c5ccccc5)cc4)cc3)n2)cc1. The Bertz CT molecular complexity index is 2180. The van der Waals surface area contributed by atoms with E-state index in [1.807, 2.05) is 91.0 Å². The van der Waals surface area contributed by atoms with Gasteiger partial charge in [-0.25, -0.2) is 4.98 Å². The summed E-state index contributed by atoms with van der Waals surface area (Å²) in [5.41, 5.74) is 9.32. The number of anilines is 6. The van der Waals surface area contributed by atoms with E-state index in [-0.39, 0.29) is 0 Å². The standard InChI is InChI=1S/C45H33N5/c1-6-16-36(17-7-1)43-46-44(37-18-8-2-9-19-37)48-45(47-43)50(40-24-14-5-15-25-40)42-32-28-35(29-33-42)34-26-30-41(31-27-34)49(38-20-10-3-11-21-38)39-22-12-4-13-23-39/h1-33H. The Morgan fingerprint density at radius 3 is 0.920 bits per heavy atom. The molecule has 0 saturated heterocycles. The third kappa shape index (κ3) is 6.48. The maximum Gasteiger partial charge on any atom is 0.238 e. The number of nitrogens with zero attached hydrogens (tertiary/aromatic N) is 5. The molecule has 0 atom stereocenters. The fraction of sp³-hybridized carbons (Fsp3) is 0. The van der Waals surface area contributed by atoms with Gasteiger partial charge in [0.25, 0.3) is 0 Å². The summed E-state index contributed by atoms with van der Waals surface area (Å²) in [4.78, 5) is 19.3. The molecule has 1 aromatic heterocycles. The summed E-state index contributed by atoms with van der Waals surface area (Å²) in [6.45, 7) is 0. The third-order valence-corrected chi connectivity index (χ3v) is 8.52. The summed E-state index contributed by atoms with van der Waals surface area (Å²) >= 11 is 0. The molecular weight excluding hydrogens is 611 g/mol. The van der Waals surface area contributed by atoms with Crippen LogP contribution in [0, 0.1) is 0 Å². The van der Waals surface area contributed by atoms with E-state index >= 15 is 0 Å². The molecule has 0 aliphatic heterocycles. The molecule has 0 unspecified atom stereocenters. The van der Waals surface area contributed by atoms with Gasteiger partial charge in [0.2, 0.25) is 5.95 Å². The molecule has 5 nitrogen and oxygen atoms in total. The van der Waals surface area contributed by atoms with Crippen LogP contribution < -0.4 is 9.80 Å². The van der Waals surface area contributed by atoms with Crippen LogP contribution in [0.15, 0.2) is 200 Å². The summed E-state index contributed by atoms with van der Waals surface area (Å²) < 4.78 is 0. The van der Waals surface area contributed by atoms with Crippen LogP contribution in [0.5, 0.6) is 0 Å². The summed E-state index contributed by atoms with van der Waals surface area (Å²) in [6, 6.07) is 68.6. The lowest BCUT2D eigenvalue weighted by atomic mass is 10.0. The van der Waals surface area contributed by atoms with Crippen molar-refractivity contribution in [2.45, 2.75) is 0 Å². The second kappa shape index (κ2) is 14.1. The lowest BCUT2D eigenvalue weighted by Gasteiger charge is -2.25. The van der Waals surface area contributed by atoms with Gasteiger partial charge in [0, 0.05) is 39.6 Å². The number of hydrogen-bond donors (Lipinski definition) is 0. The number of hydrogen-bond acceptors (Lipinski definition) is 5. The van der Waals surface area contributed by atoms with Crippen LogP contribution in [-0.4, -0.2) is 15.0 Å². The zero-order chi connectivity index (χ0) is 33.5. The highest BCUT2D eigenvalue weighted by Gasteiger charge is 2.20. The van der Waals surface area contributed by atoms with Crippen LogP contribution in [-0.2, 0) is 0 Å². The van der Waals surface area contributed by atoms with E-state index in [1.54, 1.807) is 0 Å². The number of para-hydroxylation sites is 3. The molecule has 1 heterocycles. The number of benzene rings is 7. The van der Waals surface area contributed by atoms with Crippen LogP contribution >= 0.6 is 0 Å². The second-order valence-corrected chi connectivity index (χ2v) is 11.8. The van der Waals surface area contributed by atoms with Crippen molar-refractivity contribution in [2.24, 2.45) is 0 Å². The summed E-state index contributed by atoms with van der Waals surface area (Å²) in [5, 5.41) is 0. The Hall–Kier alpha value is -6.85. The number of rotatable bonds is 9. The van der Waals surface area contributed by atoms with Gasteiger partial charge < -0.3 is 4.90 Å². The fourth-order valence-corrected chi connectivity index (χ4v) is 6.06. The lowest BCUT2D eigenvalue weighted by Crippen LogP contribution is -2.15. The topological polar surface area (TPSA) is 45.2 Å². The molecule has 50 heavy (non-hydrogen) atoms. The Morgan fingerprint density at radius 2 is 0.540 bits per heavy atom. The fourth-order valence-electron chi connectivity index (χ4n) is 6.06. The van der Waals surface area contributed by atoms with Crippen molar-refractivity contribution >= 4 is 34.4 Å². The zero-order valence-corrected chi connectivity index (χ0v) is 27.3. The average Bonchev–Trinajstić information content (AvgIpc) is 3.20. The van der Waals surface area contributed by atoms with Gasteiger partial charge in [0.1, 0.15) is 0 Å². The van der Waals surface area contributed by atoms with E-state index in [9.17, 15) is 0 Å². The minimum absolute atomic E-state index is 0.544. The van der Waals surface area contributed by atoms with Gasteiger partial charge in [-0.05, 0) is 71.8 Å². The molecule has 0 radical (unpaired) electrons. The van der Waals surface area contributed by atoms with E-state index in [0.717, 1.165) is 50.7 Å². The van der Waals surface area contributed by atoms with Crippen molar-refractivity contribution in [3.05, 3.63) is 200 Å². The smallest absolute Gasteiger partial charge is 0.238 e. The van der Waals surface area contributed by atoms with Crippen molar-refractivity contribution in [1.29, 1.82) is 0 Å². The predicted octanol–water partition coefficient (Wildman–Crippen LogP) is 11.8. The maximum atomic E-state index is 5.04. The molecule has 0 fully saturated rings. The first-order valence-corrected chi connectivity index (χ1v) is 16.6. The minimum Gasteiger partial charge on any atom is -0.311 e. The van der Waals surface area contributed by atoms with Crippen LogP contribution in [0.2, 0.25) is 0 Å². The quantitative estimate of drug-likeness (QED) is 0.157.